The Kier molecular flexibility index (Phi) is 6.74. The molecule has 1 aliphatic rings. The third-order valence-corrected chi connectivity index (χ3v) is 8.49. The maximum Gasteiger partial charge on any atom is 0.264 e. The van der Waals surface area contributed by atoms with Crippen LogP contribution in [0.2, 0.25) is 0 Å². The molecule has 0 radical (unpaired) electrons. The van der Waals surface area contributed by atoms with Crippen LogP contribution in [0.25, 0.3) is 21.8 Å². The van der Waals surface area contributed by atoms with E-state index >= 15 is 0 Å². The molecule has 9 nitrogen and oxygen atoms in total. The second kappa shape index (κ2) is 9.96. The van der Waals surface area contributed by atoms with Crippen molar-refractivity contribution in [2.75, 3.05) is 57.9 Å². The summed E-state index contributed by atoms with van der Waals surface area (Å²) in [6.45, 7) is 3.58. The number of methoxy groups -OCH3 is 2. The van der Waals surface area contributed by atoms with Gasteiger partial charge in [-0.25, -0.2) is 8.42 Å². The minimum absolute atomic E-state index is 0.186. The standard InChI is InChI=1S/C26H30N4O5S/c1-28-22-7-5-4-6-20(22)21-18-19(8-9-23(21)28)36(31,32)30(13-12-29-14-16-35-17-15-29)24-10-11-25(33-2)27-26(24)34-3/h4-11,18H,12-17H2,1-3H3. The number of morpholine rings is 1. The molecule has 1 saturated heterocycles. The molecule has 5 rings (SSSR count). The number of rotatable bonds is 8. The quantitative estimate of drug-likeness (QED) is 0.360. The predicted octanol–water partition coefficient (Wildman–Crippen LogP) is 3.27. The fraction of sp³-hybridized carbons (Fsp3) is 0.346. The molecule has 0 atom stereocenters. The average Bonchev–Trinajstić information content (AvgIpc) is 3.20. The Bertz CT molecular complexity index is 1500. The molecule has 0 saturated carbocycles. The van der Waals surface area contributed by atoms with Crippen molar-refractivity contribution in [3.63, 3.8) is 0 Å². The fourth-order valence-electron chi connectivity index (χ4n) is 4.73. The molecule has 4 aromatic rings. The molecule has 2 aromatic heterocycles. The molecule has 10 heteroatoms. The first-order chi connectivity index (χ1) is 17.4. The minimum Gasteiger partial charge on any atom is -0.481 e. The Hall–Kier alpha value is -3.34. The summed E-state index contributed by atoms with van der Waals surface area (Å²) in [5.41, 5.74) is 2.38. The first kappa shape index (κ1) is 24.4. The third-order valence-electron chi connectivity index (χ3n) is 6.68. The van der Waals surface area contributed by atoms with Gasteiger partial charge in [0.1, 0.15) is 5.69 Å². The summed E-state index contributed by atoms with van der Waals surface area (Å²) in [7, 11) is 1.02. The van der Waals surface area contributed by atoms with Gasteiger partial charge in [-0.3, -0.25) is 9.21 Å². The van der Waals surface area contributed by atoms with Crippen molar-refractivity contribution in [2.45, 2.75) is 4.90 Å². The van der Waals surface area contributed by atoms with E-state index in [9.17, 15) is 8.42 Å². The van der Waals surface area contributed by atoms with E-state index in [-0.39, 0.29) is 17.3 Å². The van der Waals surface area contributed by atoms with Gasteiger partial charge in [0, 0.05) is 61.1 Å². The highest BCUT2D eigenvalue weighted by atomic mass is 32.2. The van der Waals surface area contributed by atoms with Crippen LogP contribution in [0.15, 0.2) is 59.5 Å². The van der Waals surface area contributed by atoms with Gasteiger partial charge >= 0.3 is 0 Å². The second-order valence-corrected chi connectivity index (χ2v) is 10.5. The van der Waals surface area contributed by atoms with Crippen molar-refractivity contribution in [3.8, 4) is 11.8 Å². The van der Waals surface area contributed by atoms with Crippen molar-refractivity contribution in [1.29, 1.82) is 0 Å². The lowest BCUT2D eigenvalue weighted by Gasteiger charge is -2.31. The van der Waals surface area contributed by atoms with E-state index in [2.05, 4.69) is 14.5 Å². The number of anilines is 1. The number of nitrogens with zero attached hydrogens (tertiary/aromatic N) is 4. The SMILES string of the molecule is COc1ccc(N(CCN2CCOCC2)S(=O)(=O)c2ccc3c(c2)c2ccccc2n3C)c(OC)n1. The summed E-state index contributed by atoms with van der Waals surface area (Å²) in [6.07, 6.45) is 0. The maximum absolute atomic E-state index is 14.2. The number of pyridine rings is 1. The second-order valence-electron chi connectivity index (χ2n) is 8.67. The van der Waals surface area contributed by atoms with Gasteiger partial charge in [-0.1, -0.05) is 18.2 Å². The summed E-state index contributed by atoms with van der Waals surface area (Å²) in [5.74, 6) is 0.532. The van der Waals surface area contributed by atoms with E-state index in [4.69, 9.17) is 14.2 Å². The Morgan fingerprint density at radius 3 is 2.47 bits per heavy atom. The summed E-state index contributed by atoms with van der Waals surface area (Å²) in [6, 6.07) is 16.6. The molecular weight excluding hydrogens is 480 g/mol. The fourth-order valence-corrected chi connectivity index (χ4v) is 6.21. The molecular formula is C26H30N4O5S. The first-order valence-corrected chi connectivity index (χ1v) is 13.3. The van der Waals surface area contributed by atoms with E-state index < -0.39 is 10.0 Å². The molecule has 2 aromatic carbocycles. The number of fused-ring (bicyclic) bond motifs is 3. The summed E-state index contributed by atoms with van der Waals surface area (Å²) < 4.78 is 48.0. The van der Waals surface area contributed by atoms with Crippen LogP contribution in [0.4, 0.5) is 5.69 Å². The molecule has 1 aliphatic heterocycles. The van der Waals surface area contributed by atoms with Gasteiger partial charge in [-0.2, -0.15) is 4.98 Å². The molecule has 1 fully saturated rings. The van der Waals surface area contributed by atoms with Crippen LogP contribution in [0.3, 0.4) is 0 Å². The molecule has 3 heterocycles. The predicted molar refractivity (Wildman–Crippen MR) is 140 cm³/mol. The van der Waals surface area contributed by atoms with Crippen LogP contribution in [-0.4, -0.2) is 76.5 Å². The van der Waals surface area contributed by atoms with Crippen LogP contribution < -0.4 is 13.8 Å². The van der Waals surface area contributed by atoms with Gasteiger partial charge in [0.25, 0.3) is 10.0 Å². The van der Waals surface area contributed by atoms with Gasteiger partial charge in [-0.15, -0.1) is 0 Å². The number of hydrogen-bond acceptors (Lipinski definition) is 7. The molecule has 190 valence electrons. The zero-order valence-electron chi connectivity index (χ0n) is 20.7. The Labute approximate surface area is 210 Å². The Balaban J connectivity index is 1.60. The van der Waals surface area contributed by atoms with E-state index in [0.29, 0.717) is 31.3 Å². The molecule has 0 spiro atoms. The van der Waals surface area contributed by atoms with Crippen molar-refractivity contribution in [1.82, 2.24) is 14.5 Å². The number of aromatic nitrogens is 2. The summed E-state index contributed by atoms with van der Waals surface area (Å²) in [4.78, 5) is 6.75. The minimum atomic E-state index is -3.95. The average molecular weight is 511 g/mol. The normalized spacial score (nSPS) is 14.9. The summed E-state index contributed by atoms with van der Waals surface area (Å²) >= 11 is 0. The lowest BCUT2D eigenvalue weighted by molar-refractivity contribution is 0.0395. The van der Waals surface area contributed by atoms with Gasteiger partial charge < -0.3 is 18.8 Å². The highest BCUT2D eigenvalue weighted by Gasteiger charge is 2.30. The van der Waals surface area contributed by atoms with Crippen LogP contribution >= 0.6 is 0 Å². The number of benzene rings is 2. The van der Waals surface area contributed by atoms with Crippen LogP contribution in [-0.2, 0) is 21.8 Å². The topological polar surface area (TPSA) is 86.1 Å². The van der Waals surface area contributed by atoms with Crippen molar-refractivity contribution in [2.24, 2.45) is 7.05 Å². The van der Waals surface area contributed by atoms with Gasteiger partial charge in [0.15, 0.2) is 0 Å². The van der Waals surface area contributed by atoms with Gasteiger partial charge in [0.2, 0.25) is 11.8 Å². The largest absolute Gasteiger partial charge is 0.481 e. The van der Waals surface area contributed by atoms with Crippen LogP contribution in [0, 0.1) is 0 Å². The zero-order valence-corrected chi connectivity index (χ0v) is 21.5. The van der Waals surface area contributed by atoms with E-state index in [1.54, 1.807) is 24.3 Å². The lowest BCUT2D eigenvalue weighted by Crippen LogP contribution is -2.43. The van der Waals surface area contributed by atoms with E-state index in [0.717, 1.165) is 34.9 Å². The molecule has 0 unspecified atom stereocenters. The molecule has 0 amide bonds. The van der Waals surface area contributed by atoms with E-state index in [1.807, 2.05) is 37.4 Å². The Morgan fingerprint density at radius 2 is 1.72 bits per heavy atom. The highest BCUT2D eigenvalue weighted by Crippen LogP contribution is 2.35. The van der Waals surface area contributed by atoms with Gasteiger partial charge in [0.05, 0.1) is 32.3 Å². The lowest BCUT2D eigenvalue weighted by atomic mass is 10.1. The summed E-state index contributed by atoms with van der Waals surface area (Å²) in [5, 5.41) is 1.90. The van der Waals surface area contributed by atoms with Crippen molar-refractivity contribution < 1.29 is 22.6 Å². The van der Waals surface area contributed by atoms with Crippen LogP contribution in [0.5, 0.6) is 11.8 Å². The number of ether oxygens (including phenoxy) is 3. The van der Waals surface area contributed by atoms with Crippen molar-refractivity contribution >= 4 is 37.5 Å². The third kappa shape index (κ3) is 4.36. The zero-order chi connectivity index (χ0) is 25.3. The monoisotopic (exact) mass is 510 g/mol. The number of aryl methyl sites for hydroxylation is 1. The maximum atomic E-state index is 14.2. The smallest absolute Gasteiger partial charge is 0.264 e. The van der Waals surface area contributed by atoms with Gasteiger partial charge in [-0.05, 0) is 30.3 Å². The molecule has 0 aliphatic carbocycles. The highest BCUT2D eigenvalue weighted by molar-refractivity contribution is 7.92. The van der Waals surface area contributed by atoms with Crippen LogP contribution in [0.1, 0.15) is 0 Å². The molecule has 0 bridgehead atoms. The number of sulfonamides is 1. The molecule has 36 heavy (non-hydrogen) atoms. The molecule has 0 N–H and O–H groups in total. The number of para-hydroxylation sites is 1. The van der Waals surface area contributed by atoms with Crippen molar-refractivity contribution in [3.05, 3.63) is 54.6 Å². The van der Waals surface area contributed by atoms with E-state index in [1.165, 1.54) is 18.5 Å². The number of hydrogen-bond donors (Lipinski definition) is 0. The Morgan fingerprint density at radius 1 is 0.972 bits per heavy atom. The first-order valence-electron chi connectivity index (χ1n) is 11.8.